The number of imidazole rings is 1. The number of H-pyrrole nitrogens is 1. The number of fused-ring (bicyclic) bond motifs is 1. The normalized spacial score (nSPS) is 11.1. The lowest BCUT2D eigenvalue weighted by atomic mass is 10.3. The summed E-state index contributed by atoms with van der Waals surface area (Å²) in [6.45, 7) is 1.93. The zero-order chi connectivity index (χ0) is 17.9. The van der Waals surface area contributed by atoms with Crippen molar-refractivity contribution in [2.45, 2.75) is 26.3 Å². The Balaban J connectivity index is 1.29. The standard InChI is InChI=1S/C17H16N6O3/c1-10-8-13(22-25-10)17-21-16(26-23-17)9-18-15(24)7-6-14-19-11-4-2-3-5-12(11)20-14/h2-5,8H,6-7,9H2,1H3,(H,18,24)(H,19,20). The lowest BCUT2D eigenvalue weighted by Crippen LogP contribution is -2.23. The summed E-state index contributed by atoms with van der Waals surface area (Å²) in [5, 5.41) is 10.4. The summed E-state index contributed by atoms with van der Waals surface area (Å²) in [4.78, 5) is 23.8. The smallest absolute Gasteiger partial charge is 0.246 e. The molecular formula is C17H16N6O3. The zero-order valence-electron chi connectivity index (χ0n) is 14.0. The highest BCUT2D eigenvalue weighted by atomic mass is 16.5. The maximum atomic E-state index is 12.0. The van der Waals surface area contributed by atoms with E-state index in [1.165, 1.54) is 0 Å². The maximum Gasteiger partial charge on any atom is 0.246 e. The van der Waals surface area contributed by atoms with Crippen molar-refractivity contribution in [1.29, 1.82) is 0 Å². The number of carbonyl (C=O) groups excluding carboxylic acids is 1. The molecule has 0 fully saturated rings. The van der Waals surface area contributed by atoms with Crippen LogP contribution in [0.4, 0.5) is 0 Å². The number of hydrogen-bond donors (Lipinski definition) is 2. The Hall–Kier alpha value is -3.49. The van der Waals surface area contributed by atoms with Gasteiger partial charge in [-0.1, -0.05) is 22.4 Å². The van der Waals surface area contributed by atoms with E-state index in [0.717, 1.165) is 16.9 Å². The highest BCUT2D eigenvalue weighted by Crippen LogP contribution is 2.15. The van der Waals surface area contributed by atoms with Gasteiger partial charge in [0.1, 0.15) is 11.6 Å². The number of aryl methyl sites for hydroxylation is 2. The first kappa shape index (κ1) is 16.0. The van der Waals surface area contributed by atoms with Crippen LogP contribution >= 0.6 is 0 Å². The Morgan fingerprint density at radius 1 is 1.19 bits per heavy atom. The van der Waals surface area contributed by atoms with E-state index in [9.17, 15) is 4.79 Å². The van der Waals surface area contributed by atoms with Crippen molar-refractivity contribution in [3.05, 3.63) is 47.8 Å². The van der Waals surface area contributed by atoms with Crippen LogP contribution in [0.5, 0.6) is 0 Å². The van der Waals surface area contributed by atoms with Crippen LogP contribution in [0.25, 0.3) is 22.6 Å². The van der Waals surface area contributed by atoms with E-state index in [-0.39, 0.29) is 12.5 Å². The zero-order valence-corrected chi connectivity index (χ0v) is 14.0. The largest absolute Gasteiger partial charge is 0.361 e. The highest BCUT2D eigenvalue weighted by Gasteiger charge is 2.13. The molecule has 2 N–H and O–H groups in total. The van der Waals surface area contributed by atoms with Gasteiger partial charge < -0.3 is 19.3 Å². The Morgan fingerprint density at radius 3 is 2.88 bits per heavy atom. The van der Waals surface area contributed by atoms with Gasteiger partial charge in [-0.3, -0.25) is 4.79 Å². The van der Waals surface area contributed by atoms with Gasteiger partial charge in [-0.15, -0.1) is 0 Å². The van der Waals surface area contributed by atoms with Crippen molar-refractivity contribution >= 4 is 16.9 Å². The molecule has 26 heavy (non-hydrogen) atoms. The lowest BCUT2D eigenvalue weighted by molar-refractivity contribution is -0.121. The van der Waals surface area contributed by atoms with Gasteiger partial charge in [-0.05, 0) is 19.1 Å². The van der Waals surface area contributed by atoms with E-state index in [4.69, 9.17) is 9.05 Å². The number of nitrogens with one attached hydrogen (secondary N) is 2. The fraction of sp³-hybridized carbons (Fsp3) is 0.235. The number of aromatic nitrogens is 5. The molecule has 9 nitrogen and oxygen atoms in total. The van der Waals surface area contributed by atoms with Crippen LogP contribution in [0.15, 0.2) is 39.4 Å². The third kappa shape index (κ3) is 3.46. The summed E-state index contributed by atoms with van der Waals surface area (Å²) in [6, 6.07) is 9.46. The van der Waals surface area contributed by atoms with Crippen molar-refractivity contribution in [3.8, 4) is 11.5 Å². The number of para-hydroxylation sites is 2. The van der Waals surface area contributed by atoms with Crippen LogP contribution in [-0.4, -0.2) is 31.2 Å². The van der Waals surface area contributed by atoms with Crippen molar-refractivity contribution in [1.82, 2.24) is 30.6 Å². The van der Waals surface area contributed by atoms with E-state index in [1.807, 2.05) is 24.3 Å². The van der Waals surface area contributed by atoms with Crippen LogP contribution in [-0.2, 0) is 17.8 Å². The third-order valence-electron chi connectivity index (χ3n) is 3.79. The van der Waals surface area contributed by atoms with Crippen molar-refractivity contribution in [3.63, 3.8) is 0 Å². The number of benzene rings is 1. The van der Waals surface area contributed by atoms with Gasteiger partial charge in [0.15, 0.2) is 5.69 Å². The van der Waals surface area contributed by atoms with Crippen LogP contribution in [0.2, 0.25) is 0 Å². The molecule has 4 aromatic rings. The fourth-order valence-electron chi connectivity index (χ4n) is 2.52. The molecule has 9 heteroatoms. The maximum absolute atomic E-state index is 12.0. The number of carbonyl (C=O) groups is 1. The molecule has 0 atom stereocenters. The molecule has 132 valence electrons. The number of hydrogen-bond acceptors (Lipinski definition) is 7. The van der Waals surface area contributed by atoms with E-state index in [1.54, 1.807) is 13.0 Å². The predicted octanol–water partition coefficient (Wildman–Crippen LogP) is 2.16. The molecule has 0 unspecified atom stereocenters. The number of aromatic amines is 1. The van der Waals surface area contributed by atoms with Gasteiger partial charge in [-0.2, -0.15) is 4.98 Å². The van der Waals surface area contributed by atoms with Crippen molar-refractivity contribution < 1.29 is 13.8 Å². The van der Waals surface area contributed by atoms with Gasteiger partial charge >= 0.3 is 0 Å². The van der Waals surface area contributed by atoms with Crippen molar-refractivity contribution in [2.75, 3.05) is 0 Å². The Labute approximate surface area is 147 Å². The molecule has 1 aromatic carbocycles. The average Bonchev–Trinajstić information content (AvgIpc) is 3.36. The summed E-state index contributed by atoms with van der Waals surface area (Å²) in [5.41, 5.74) is 2.35. The Morgan fingerprint density at radius 2 is 2.08 bits per heavy atom. The molecule has 0 aliphatic heterocycles. The molecule has 4 rings (SSSR count). The minimum Gasteiger partial charge on any atom is -0.361 e. The second-order valence-electron chi connectivity index (χ2n) is 5.81. The first-order chi connectivity index (χ1) is 12.7. The molecular weight excluding hydrogens is 336 g/mol. The summed E-state index contributed by atoms with van der Waals surface area (Å²) < 4.78 is 10.1. The predicted molar refractivity (Wildman–Crippen MR) is 90.8 cm³/mol. The monoisotopic (exact) mass is 352 g/mol. The minimum atomic E-state index is -0.123. The molecule has 0 saturated carbocycles. The minimum absolute atomic E-state index is 0.123. The summed E-state index contributed by atoms with van der Waals surface area (Å²) in [5.74, 6) is 1.95. The van der Waals surface area contributed by atoms with Gasteiger partial charge in [0.25, 0.3) is 0 Å². The van der Waals surface area contributed by atoms with Gasteiger partial charge in [0.2, 0.25) is 17.6 Å². The quantitative estimate of drug-likeness (QED) is 0.545. The van der Waals surface area contributed by atoms with Gasteiger partial charge in [-0.25, -0.2) is 4.98 Å². The topological polar surface area (TPSA) is 123 Å². The third-order valence-corrected chi connectivity index (χ3v) is 3.79. The molecule has 3 heterocycles. The first-order valence-electron chi connectivity index (χ1n) is 8.14. The van der Waals surface area contributed by atoms with Gasteiger partial charge in [0, 0.05) is 18.9 Å². The number of nitrogens with zero attached hydrogens (tertiary/aromatic N) is 4. The molecule has 0 saturated heterocycles. The molecule has 0 bridgehead atoms. The molecule has 0 spiro atoms. The van der Waals surface area contributed by atoms with Gasteiger partial charge in [0.05, 0.1) is 17.6 Å². The summed E-state index contributed by atoms with van der Waals surface area (Å²) >= 11 is 0. The van der Waals surface area contributed by atoms with E-state index >= 15 is 0 Å². The number of amides is 1. The Bertz CT molecular complexity index is 1010. The molecule has 0 radical (unpaired) electrons. The van der Waals surface area contributed by atoms with E-state index < -0.39 is 0 Å². The summed E-state index contributed by atoms with van der Waals surface area (Å²) in [7, 11) is 0. The van der Waals surface area contributed by atoms with Crippen LogP contribution in [0.1, 0.15) is 23.9 Å². The van der Waals surface area contributed by atoms with Crippen LogP contribution in [0, 0.1) is 6.92 Å². The van der Waals surface area contributed by atoms with E-state index in [2.05, 4.69) is 30.6 Å². The van der Waals surface area contributed by atoms with Crippen LogP contribution < -0.4 is 5.32 Å². The molecule has 3 aromatic heterocycles. The lowest BCUT2D eigenvalue weighted by Gasteiger charge is -2.00. The average molecular weight is 352 g/mol. The second-order valence-corrected chi connectivity index (χ2v) is 5.81. The van der Waals surface area contributed by atoms with Crippen LogP contribution in [0.3, 0.4) is 0 Å². The van der Waals surface area contributed by atoms with E-state index in [0.29, 0.717) is 36.0 Å². The Kier molecular flexibility index (Phi) is 4.18. The highest BCUT2D eigenvalue weighted by molar-refractivity contribution is 5.77. The summed E-state index contributed by atoms with van der Waals surface area (Å²) in [6.07, 6.45) is 0.830. The first-order valence-corrected chi connectivity index (χ1v) is 8.14. The van der Waals surface area contributed by atoms with Crippen molar-refractivity contribution in [2.24, 2.45) is 0 Å². The number of rotatable bonds is 6. The SMILES string of the molecule is Cc1cc(-c2noc(CNC(=O)CCc3nc4ccccc4[nH]3)n2)no1. The fourth-order valence-corrected chi connectivity index (χ4v) is 2.52. The molecule has 0 aliphatic carbocycles. The molecule has 1 amide bonds. The molecule has 0 aliphatic rings. The second kappa shape index (κ2) is 6.79.